The first kappa shape index (κ1) is 6.65. The quantitative estimate of drug-likeness (QED) is 0.493. The summed E-state index contributed by atoms with van der Waals surface area (Å²) in [6.07, 6.45) is 0.926. The molecule has 1 aromatic carbocycles. The third-order valence-corrected chi connectivity index (χ3v) is 2.26. The number of carbonyl (C=O) groups excluding carboxylic acids is 1. The van der Waals surface area contributed by atoms with Gasteiger partial charge < -0.3 is 0 Å². The molecule has 0 heterocycles. The van der Waals surface area contributed by atoms with E-state index in [2.05, 4.69) is 0 Å². The van der Waals surface area contributed by atoms with Crippen LogP contribution in [0.5, 0.6) is 0 Å². The predicted octanol–water partition coefficient (Wildman–Crippen LogP) is 0.847. The summed E-state index contributed by atoms with van der Waals surface area (Å²) >= 11 is 0. The maximum atomic E-state index is 11.4. The minimum Gasteiger partial charge on any atom is -0.295 e. The lowest BCUT2D eigenvalue weighted by atomic mass is 9.84. The molecule has 0 aromatic heterocycles. The van der Waals surface area contributed by atoms with Crippen LogP contribution < -0.4 is 0 Å². The van der Waals surface area contributed by atoms with E-state index in [-0.39, 0.29) is 5.82 Å². The SMILES string of the molecule is BC1Cc2ccccc2C1=O. The van der Waals surface area contributed by atoms with Crippen molar-refractivity contribution >= 4 is 13.6 Å². The van der Waals surface area contributed by atoms with E-state index in [0.717, 1.165) is 12.0 Å². The first-order valence-electron chi connectivity index (χ1n) is 3.91. The second kappa shape index (κ2) is 2.23. The van der Waals surface area contributed by atoms with Crippen LogP contribution in [0.3, 0.4) is 0 Å². The second-order valence-corrected chi connectivity index (χ2v) is 3.13. The van der Waals surface area contributed by atoms with Gasteiger partial charge in [-0.2, -0.15) is 0 Å². The maximum Gasteiger partial charge on any atom is 0.158 e. The Morgan fingerprint density at radius 3 is 2.82 bits per heavy atom. The molecule has 1 unspecified atom stereocenters. The molecule has 1 aliphatic carbocycles. The van der Waals surface area contributed by atoms with Crippen LogP contribution >= 0.6 is 0 Å². The van der Waals surface area contributed by atoms with Crippen molar-refractivity contribution in [3.63, 3.8) is 0 Å². The highest BCUT2D eigenvalue weighted by Crippen LogP contribution is 2.27. The van der Waals surface area contributed by atoms with E-state index in [9.17, 15) is 4.79 Å². The number of Topliss-reactive ketones (excluding diaryl/α,β-unsaturated/α-hetero) is 1. The molecular formula is C9H9BO. The van der Waals surface area contributed by atoms with E-state index in [1.54, 1.807) is 0 Å². The molecule has 2 rings (SSSR count). The Bertz CT molecular complexity index is 306. The van der Waals surface area contributed by atoms with Crippen LogP contribution in [0, 0.1) is 0 Å². The van der Waals surface area contributed by atoms with E-state index in [1.165, 1.54) is 5.56 Å². The molecule has 0 N–H and O–H groups in total. The molecule has 0 radical (unpaired) electrons. The van der Waals surface area contributed by atoms with Crippen molar-refractivity contribution < 1.29 is 4.79 Å². The largest absolute Gasteiger partial charge is 0.295 e. The smallest absolute Gasteiger partial charge is 0.158 e. The molecule has 11 heavy (non-hydrogen) atoms. The van der Waals surface area contributed by atoms with Gasteiger partial charge in [-0.15, -0.1) is 0 Å². The van der Waals surface area contributed by atoms with Gasteiger partial charge >= 0.3 is 0 Å². The Morgan fingerprint density at radius 2 is 2.09 bits per heavy atom. The molecule has 0 saturated carbocycles. The third kappa shape index (κ3) is 0.899. The zero-order valence-corrected chi connectivity index (χ0v) is 6.50. The van der Waals surface area contributed by atoms with Gasteiger partial charge in [0.25, 0.3) is 0 Å². The van der Waals surface area contributed by atoms with E-state index < -0.39 is 0 Å². The molecule has 1 aliphatic rings. The number of carbonyl (C=O) groups is 1. The Labute approximate surface area is 66.8 Å². The molecular weight excluding hydrogens is 135 g/mol. The van der Waals surface area contributed by atoms with Crippen LogP contribution in [0.15, 0.2) is 24.3 Å². The molecule has 1 nitrogen and oxygen atoms in total. The molecule has 0 aliphatic heterocycles. The van der Waals surface area contributed by atoms with Crippen LogP contribution in [-0.2, 0) is 6.42 Å². The predicted molar refractivity (Wildman–Crippen MR) is 46.8 cm³/mol. The topological polar surface area (TPSA) is 17.1 Å². The molecule has 54 valence electrons. The molecule has 0 saturated heterocycles. The first-order chi connectivity index (χ1) is 5.29. The molecule has 1 aromatic rings. The lowest BCUT2D eigenvalue weighted by Crippen LogP contribution is -2.00. The van der Waals surface area contributed by atoms with Crippen molar-refractivity contribution in [1.82, 2.24) is 0 Å². The number of hydrogen-bond donors (Lipinski definition) is 0. The number of fused-ring (bicyclic) bond motifs is 1. The highest BCUT2D eigenvalue weighted by atomic mass is 16.1. The van der Waals surface area contributed by atoms with Crippen LogP contribution in [0.4, 0.5) is 0 Å². The number of ketones is 1. The zero-order chi connectivity index (χ0) is 7.84. The normalized spacial score (nSPS) is 21.8. The van der Waals surface area contributed by atoms with Gasteiger partial charge in [-0.3, -0.25) is 4.79 Å². The zero-order valence-electron chi connectivity index (χ0n) is 6.50. The van der Waals surface area contributed by atoms with Gasteiger partial charge in [0, 0.05) is 5.56 Å². The van der Waals surface area contributed by atoms with Gasteiger partial charge in [0.15, 0.2) is 5.78 Å². The fourth-order valence-electron chi connectivity index (χ4n) is 1.63. The number of hydrogen-bond acceptors (Lipinski definition) is 1. The maximum absolute atomic E-state index is 11.4. The van der Waals surface area contributed by atoms with Crippen LogP contribution in [0.2, 0.25) is 5.82 Å². The lowest BCUT2D eigenvalue weighted by molar-refractivity contribution is 0.0995. The summed E-state index contributed by atoms with van der Waals surface area (Å²) in [5.74, 6) is 0.507. The fraction of sp³-hybridized carbons (Fsp3) is 0.222. The van der Waals surface area contributed by atoms with E-state index in [1.807, 2.05) is 32.1 Å². The number of benzene rings is 1. The van der Waals surface area contributed by atoms with Crippen molar-refractivity contribution in [2.45, 2.75) is 12.2 Å². The van der Waals surface area contributed by atoms with Crippen LogP contribution in [0.1, 0.15) is 15.9 Å². The highest BCUT2D eigenvalue weighted by molar-refractivity contribution is 6.29. The summed E-state index contributed by atoms with van der Waals surface area (Å²) in [5.41, 5.74) is 2.14. The molecule has 0 spiro atoms. The highest BCUT2D eigenvalue weighted by Gasteiger charge is 2.25. The minimum atomic E-state index is 0.201. The van der Waals surface area contributed by atoms with Crippen LogP contribution in [-0.4, -0.2) is 13.6 Å². The van der Waals surface area contributed by atoms with Crippen molar-refractivity contribution in [2.24, 2.45) is 0 Å². The molecule has 1 atom stereocenters. The van der Waals surface area contributed by atoms with E-state index in [0.29, 0.717) is 5.78 Å². The molecule has 0 amide bonds. The summed E-state index contributed by atoms with van der Waals surface area (Å²) in [6, 6.07) is 7.87. The van der Waals surface area contributed by atoms with Gasteiger partial charge in [0.05, 0.1) is 0 Å². The van der Waals surface area contributed by atoms with Gasteiger partial charge in [-0.1, -0.05) is 24.3 Å². The first-order valence-corrected chi connectivity index (χ1v) is 3.91. The van der Waals surface area contributed by atoms with Crippen LogP contribution in [0.25, 0.3) is 0 Å². The molecule has 0 bridgehead atoms. The summed E-state index contributed by atoms with van der Waals surface area (Å²) < 4.78 is 0. The number of rotatable bonds is 0. The Kier molecular flexibility index (Phi) is 1.35. The monoisotopic (exact) mass is 144 g/mol. The Hall–Kier alpha value is -1.05. The third-order valence-electron chi connectivity index (χ3n) is 2.26. The Balaban J connectivity index is 2.55. The average molecular weight is 144 g/mol. The standard InChI is InChI=1S/C9H9BO/c10-8-5-6-3-1-2-4-7(6)9(8)11/h1-4,8H,5,10H2. The summed E-state index contributed by atoms with van der Waals surface area (Å²) in [7, 11) is 1.99. The lowest BCUT2D eigenvalue weighted by Gasteiger charge is -1.93. The van der Waals surface area contributed by atoms with Gasteiger partial charge in [0.1, 0.15) is 7.85 Å². The second-order valence-electron chi connectivity index (χ2n) is 3.13. The Morgan fingerprint density at radius 1 is 1.36 bits per heavy atom. The average Bonchev–Trinajstić information content (AvgIpc) is 2.30. The molecule has 2 heteroatoms. The minimum absolute atomic E-state index is 0.201. The summed E-state index contributed by atoms with van der Waals surface area (Å²) in [4.78, 5) is 11.4. The van der Waals surface area contributed by atoms with Crippen molar-refractivity contribution in [1.29, 1.82) is 0 Å². The van der Waals surface area contributed by atoms with Gasteiger partial charge in [0.2, 0.25) is 0 Å². The van der Waals surface area contributed by atoms with Crippen molar-refractivity contribution in [2.75, 3.05) is 0 Å². The summed E-state index contributed by atoms with van der Waals surface area (Å²) in [5, 5.41) is 0. The fourth-order valence-corrected chi connectivity index (χ4v) is 1.63. The van der Waals surface area contributed by atoms with Crippen molar-refractivity contribution in [3.8, 4) is 0 Å². The summed E-state index contributed by atoms with van der Waals surface area (Å²) in [6.45, 7) is 0. The van der Waals surface area contributed by atoms with E-state index in [4.69, 9.17) is 0 Å². The van der Waals surface area contributed by atoms with Gasteiger partial charge in [-0.05, 0) is 17.8 Å². The van der Waals surface area contributed by atoms with E-state index >= 15 is 0 Å². The molecule has 0 fully saturated rings. The van der Waals surface area contributed by atoms with Crippen molar-refractivity contribution in [3.05, 3.63) is 35.4 Å². The van der Waals surface area contributed by atoms with Gasteiger partial charge in [-0.25, -0.2) is 0 Å².